The standard InChI is InChI=1S/C94H90N6O4/c1-5-9-13-17-47-101-67-83-55-75-31-27-71-39-43-87(95-63-71)91-23-21-24-92(99-91)88-45-41-73(65-97-88)29-33-77-53-81(61-85(57-77)69-103-49-19-15-11-7-3)37-38-82-54-78(58-86(62-82)70-104-50-20-16-12-8-4)34-30-74-42-46-90(98-66-74)94-26-22-25-93(100-94)89-44-40-72(64-96-89)28-32-76-52-80(36-35-79(51-75)59-83)60-84(56-76)68-102-48-18-14-10-6-2/h21-26,39-46,51-66H,5-20,47-50,67-70H2,1-4H3. The fourth-order valence-corrected chi connectivity index (χ4v) is 11.7. The van der Waals surface area contributed by atoms with E-state index in [0.29, 0.717) is 52.9 Å². The molecule has 0 aliphatic carbocycles. The predicted molar refractivity (Wildman–Crippen MR) is 424 cm³/mol. The van der Waals surface area contributed by atoms with Crippen molar-refractivity contribution in [2.24, 2.45) is 0 Å². The lowest BCUT2D eigenvalue weighted by atomic mass is 10.1. The van der Waals surface area contributed by atoms with Crippen LogP contribution in [0.1, 0.15) is 153 Å². The zero-order valence-electron chi connectivity index (χ0n) is 60.6. The number of aromatic nitrogens is 6. The van der Waals surface area contributed by atoms with E-state index in [-0.39, 0.29) is 0 Å². The lowest BCUT2D eigenvalue weighted by Crippen LogP contribution is -1.95. The van der Waals surface area contributed by atoms with E-state index in [0.717, 1.165) is 182 Å². The molecule has 20 bridgehead atoms. The van der Waals surface area contributed by atoms with E-state index in [9.17, 15) is 0 Å². The van der Waals surface area contributed by atoms with Crippen LogP contribution in [0.2, 0.25) is 0 Å². The summed E-state index contributed by atoms with van der Waals surface area (Å²) in [4.78, 5) is 29.4. The number of nitrogens with zero attached hydrogens (tertiary/aromatic N) is 6. The van der Waals surface area contributed by atoms with Gasteiger partial charge in [-0.25, -0.2) is 9.97 Å². The summed E-state index contributed by atoms with van der Waals surface area (Å²) in [6.45, 7) is 13.5. The second-order valence-corrected chi connectivity index (χ2v) is 26.2. The van der Waals surface area contributed by atoms with Gasteiger partial charge in [0.2, 0.25) is 0 Å². The first-order valence-corrected chi connectivity index (χ1v) is 37.1. The van der Waals surface area contributed by atoms with Crippen LogP contribution in [0.3, 0.4) is 0 Å². The maximum absolute atomic E-state index is 6.23. The van der Waals surface area contributed by atoms with Crippen LogP contribution in [0.25, 0.3) is 109 Å². The van der Waals surface area contributed by atoms with Crippen LogP contribution in [0.15, 0.2) is 183 Å². The van der Waals surface area contributed by atoms with E-state index >= 15 is 0 Å². The van der Waals surface area contributed by atoms with E-state index < -0.39 is 0 Å². The van der Waals surface area contributed by atoms with E-state index in [1.165, 1.54) is 51.4 Å². The van der Waals surface area contributed by atoms with Crippen molar-refractivity contribution in [2.75, 3.05) is 26.4 Å². The molecular formula is C94H90N6O4. The second kappa shape index (κ2) is 40.6. The normalized spacial score (nSPS) is 10.7. The highest BCUT2D eigenvalue weighted by Gasteiger charge is 2.04. The maximum atomic E-state index is 6.23. The number of hydrogen-bond acceptors (Lipinski definition) is 10. The van der Waals surface area contributed by atoms with Crippen molar-refractivity contribution in [1.82, 2.24) is 29.9 Å². The van der Waals surface area contributed by atoms with E-state index in [1.807, 2.05) is 109 Å². The number of pyridine rings is 6. The summed E-state index contributed by atoms with van der Waals surface area (Å²) in [5.41, 5.74) is 9.76. The first-order valence-electron chi connectivity index (χ1n) is 37.1. The van der Waals surface area contributed by atoms with Gasteiger partial charge in [0.1, 0.15) is 0 Å². The molecule has 0 atom stereocenters. The molecule has 0 fully saturated rings. The first kappa shape index (κ1) is 74.2. The Kier molecular flexibility index (Phi) is 28.9. The third-order valence-corrected chi connectivity index (χ3v) is 17.3. The topological polar surface area (TPSA) is 114 Å². The monoisotopic (exact) mass is 1370 g/mol. The Morgan fingerprint density at radius 1 is 0.221 bits per heavy atom. The molecule has 17 aromatic rings. The van der Waals surface area contributed by atoms with Crippen LogP contribution >= 0.6 is 0 Å². The van der Waals surface area contributed by atoms with Gasteiger partial charge in [-0.15, -0.1) is 0 Å². The van der Waals surface area contributed by atoms with Crippen LogP contribution in [-0.4, -0.2) is 56.3 Å². The smallest absolute Gasteiger partial charge is 0.0894 e. The van der Waals surface area contributed by atoms with Gasteiger partial charge in [-0.1, -0.05) is 190 Å². The largest absolute Gasteiger partial charge is 0.377 e. The minimum Gasteiger partial charge on any atom is -0.377 e. The molecule has 104 heavy (non-hydrogen) atoms. The van der Waals surface area contributed by atoms with Crippen molar-refractivity contribution in [3.05, 3.63) is 278 Å². The molecule has 0 amide bonds. The Balaban J connectivity index is 1.01. The van der Waals surface area contributed by atoms with Crippen molar-refractivity contribution in [2.45, 2.75) is 157 Å². The Morgan fingerprint density at radius 2 is 0.433 bits per heavy atom. The molecule has 13 heterocycles. The van der Waals surface area contributed by atoms with E-state index in [4.69, 9.17) is 48.9 Å². The fraction of sp³-hybridized carbons (Fsp3) is 0.298. The molecule has 520 valence electrons. The molecule has 10 heteroatoms. The Labute approximate surface area is 615 Å². The van der Waals surface area contributed by atoms with Crippen molar-refractivity contribution in [3.8, 4) is 0 Å². The summed E-state index contributed by atoms with van der Waals surface area (Å²) in [7, 11) is 0. The summed E-state index contributed by atoms with van der Waals surface area (Å²) >= 11 is 0. The number of ether oxygens (including phenoxy) is 4. The van der Waals surface area contributed by atoms with E-state index in [2.05, 4.69) is 149 Å². The second-order valence-electron chi connectivity index (χ2n) is 26.2. The van der Waals surface area contributed by atoms with Gasteiger partial charge in [0, 0.05) is 116 Å². The number of hydrogen-bond donors (Lipinski definition) is 0. The third kappa shape index (κ3) is 24.1. The fourth-order valence-electron chi connectivity index (χ4n) is 11.7. The molecule has 4 aromatic carbocycles. The van der Waals surface area contributed by atoms with E-state index in [1.54, 1.807) is 24.8 Å². The summed E-state index contributed by atoms with van der Waals surface area (Å²) in [6.07, 6.45) is 25.3. The summed E-state index contributed by atoms with van der Waals surface area (Å²) in [5, 5.41) is 9.68. The quantitative estimate of drug-likeness (QED) is 0.0439. The highest BCUT2D eigenvalue weighted by atomic mass is 16.5. The van der Waals surface area contributed by atoms with Gasteiger partial charge in [0.05, 0.1) is 70.6 Å². The zero-order valence-corrected chi connectivity index (χ0v) is 60.6. The number of rotatable bonds is 28. The molecule has 0 unspecified atom stereocenters. The Hall–Kier alpha value is -11.0. The lowest BCUT2D eigenvalue weighted by Gasteiger charge is -2.04. The minimum atomic E-state index is 0.453. The average Bonchev–Trinajstić information content (AvgIpc) is 0.879. The van der Waals surface area contributed by atoms with Crippen LogP contribution in [0, 0.1) is 72.8 Å². The highest BCUT2D eigenvalue weighted by Crippen LogP contribution is 2.20. The van der Waals surface area contributed by atoms with Crippen LogP contribution in [0.4, 0.5) is 0 Å². The van der Waals surface area contributed by atoms with Gasteiger partial charge < -0.3 is 18.9 Å². The van der Waals surface area contributed by atoms with Crippen LogP contribution < -0.4 is 0 Å². The summed E-state index contributed by atoms with van der Waals surface area (Å²) in [5.74, 6) is 0. The number of benzene rings is 4. The molecule has 0 aliphatic rings. The summed E-state index contributed by atoms with van der Waals surface area (Å²) < 4.78 is 24.9. The third-order valence-electron chi connectivity index (χ3n) is 17.3. The van der Waals surface area contributed by atoms with Gasteiger partial charge >= 0.3 is 0 Å². The van der Waals surface area contributed by atoms with Gasteiger partial charge in [0.15, 0.2) is 0 Å². The molecule has 0 spiro atoms. The lowest BCUT2D eigenvalue weighted by molar-refractivity contribution is 0.117. The molecule has 13 aromatic heterocycles. The SMILES string of the molecule is CCCCCCOCc1cc2c#cc3ccc(nc3)c3cccc(n3)c3ccc(c#cc4cc(COCCCCCC)cc(c#cc5cc(COCCCCCC)cc(c#cc6ccc(nc6)c6cccc(n6)c6ccc(c#cc7cc(COCCCCCC)cc(c#cc(c1)c2)c7)cn6)c5)c4)cn3. The minimum absolute atomic E-state index is 0.453. The van der Waals surface area contributed by atoms with Crippen molar-refractivity contribution >= 4 is 109 Å². The maximum Gasteiger partial charge on any atom is 0.0894 e. The van der Waals surface area contributed by atoms with Gasteiger partial charge in [-0.3, -0.25) is 19.9 Å². The number of unbranched alkanes of at least 4 members (excludes halogenated alkanes) is 12. The predicted octanol–water partition coefficient (Wildman–Crippen LogP) is 22.9. The average molecular weight is 1370 g/mol. The summed E-state index contributed by atoms with van der Waals surface area (Å²) in [6, 6.07) is 93.5. The van der Waals surface area contributed by atoms with Gasteiger partial charge in [0.25, 0.3) is 0 Å². The van der Waals surface area contributed by atoms with Crippen molar-refractivity contribution in [1.29, 1.82) is 0 Å². The molecular weight excluding hydrogens is 1280 g/mol. The Morgan fingerprint density at radius 3 is 0.625 bits per heavy atom. The molecule has 0 aliphatic heterocycles. The first-order chi connectivity index (χ1) is 51.3. The molecule has 0 radical (unpaired) electrons. The molecule has 0 N–H and O–H groups in total. The molecule has 10 nitrogen and oxygen atoms in total. The van der Waals surface area contributed by atoms with Crippen LogP contribution in [-0.2, 0) is 45.4 Å². The van der Waals surface area contributed by atoms with Crippen LogP contribution in [0.5, 0.6) is 0 Å². The zero-order chi connectivity index (χ0) is 71.6. The molecule has 0 saturated carbocycles. The van der Waals surface area contributed by atoms with Crippen molar-refractivity contribution < 1.29 is 18.9 Å². The van der Waals surface area contributed by atoms with Gasteiger partial charge in [-0.2, -0.15) is 0 Å². The Bertz CT molecular complexity index is 4460. The highest BCUT2D eigenvalue weighted by molar-refractivity contribution is 5.84. The molecule has 17 rings (SSSR count). The molecule has 0 saturated heterocycles. The van der Waals surface area contributed by atoms with Gasteiger partial charge in [-0.05, 0) is 194 Å². The van der Waals surface area contributed by atoms with Crippen molar-refractivity contribution in [3.63, 3.8) is 0 Å².